The van der Waals surface area contributed by atoms with Crippen LogP contribution < -0.4 is 10.2 Å². The minimum absolute atomic E-state index is 0.180. The number of nitrogens with one attached hydrogen (secondary N) is 1. The number of ether oxygens (including phenoxy) is 1. The Hall–Kier alpha value is -1.55. The molecule has 1 aromatic carbocycles. The first-order valence-corrected chi connectivity index (χ1v) is 7.26. The molecule has 20 heavy (non-hydrogen) atoms. The summed E-state index contributed by atoms with van der Waals surface area (Å²) in [7, 11) is 1.99. The number of carbonyl (C=O) groups is 1. The van der Waals surface area contributed by atoms with Gasteiger partial charge in [-0.2, -0.15) is 0 Å². The smallest absolute Gasteiger partial charge is 0.324 e. The highest BCUT2D eigenvalue weighted by molar-refractivity contribution is 5.76. The van der Waals surface area contributed by atoms with Crippen LogP contribution in [0.5, 0.6) is 0 Å². The summed E-state index contributed by atoms with van der Waals surface area (Å²) in [5.41, 5.74) is 2.32. The first-order chi connectivity index (χ1) is 9.58. The van der Waals surface area contributed by atoms with Crippen molar-refractivity contribution in [2.75, 3.05) is 31.6 Å². The summed E-state index contributed by atoms with van der Waals surface area (Å²) < 4.78 is 5.13. The van der Waals surface area contributed by atoms with Gasteiger partial charge in [0.1, 0.15) is 6.04 Å². The molecule has 0 aromatic heterocycles. The van der Waals surface area contributed by atoms with E-state index in [0.717, 1.165) is 18.7 Å². The molecule has 4 heteroatoms. The predicted molar refractivity (Wildman–Crippen MR) is 83.2 cm³/mol. The van der Waals surface area contributed by atoms with Crippen LogP contribution in [0, 0.1) is 6.92 Å². The molecular weight excluding hydrogens is 252 g/mol. The largest absolute Gasteiger partial charge is 0.465 e. The van der Waals surface area contributed by atoms with E-state index in [1.54, 1.807) is 0 Å². The fraction of sp³-hybridized carbons (Fsp3) is 0.562. The number of aryl methyl sites for hydroxylation is 1. The van der Waals surface area contributed by atoms with Gasteiger partial charge in [-0.1, -0.05) is 19.1 Å². The fourth-order valence-corrected chi connectivity index (χ4v) is 2.03. The van der Waals surface area contributed by atoms with Crippen molar-refractivity contribution in [3.05, 3.63) is 29.8 Å². The quantitative estimate of drug-likeness (QED) is 0.741. The van der Waals surface area contributed by atoms with Crippen LogP contribution in [0.4, 0.5) is 5.69 Å². The first-order valence-electron chi connectivity index (χ1n) is 7.26. The number of hydrogen-bond acceptors (Lipinski definition) is 4. The molecule has 0 saturated heterocycles. The van der Waals surface area contributed by atoms with Crippen LogP contribution in [-0.2, 0) is 9.53 Å². The maximum Gasteiger partial charge on any atom is 0.324 e. The molecule has 112 valence electrons. The topological polar surface area (TPSA) is 41.6 Å². The van der Waals surface area contributed by atoms with Gasteiger partial charge in [0.2, 0.25) is 0 Å². The van der Waals surface area contributed by atoms with Crippen LogP contribution in [0.2, 0.25) is 0 Å². The third-order valence-corrected chi connectivity index (χ3v) is 3.11. The van der Waals surface area contributed by atoms with Gasteiger partial charge in [-0.25, -0.2) is 0 Å². The molecule has 0 aliphatic heterocycles. The van der Waals surface area contributed by atoms with E-state index < -0.39 is 0 Å². The molecular formula is C16H26N2O2. The third-order valence-electron chi connectivity index (χ3n) is 3.11. The van der Waals surface area contributed by atoms with E-state index in [4.69, 9.17) is 4.74 Å². The number of anilines is 1. The lowest BCUT2D eigenvalue weighted by Gasteiger charge is -2.25. The summed E-state index contributed by atoms with van der Waals surface area (Å²) >= 11 is 0. The molecule has 4 nitrogen and oxygen atoms in total. The second-order valence-corrected chi connectivity index (χ2v) is 4.98. The Morgan fingerprint density at radius 1 is 1.40 bits per heavy atom. The molecule has 0 heterocycles. The third kappa shape index (κ3) is 5.21. The highest BCUT2D eigenvalue weighted by atomic mass is 16.5. The highest BCUT2D eigenvalue weighted by Crippen LogP contribution is 2.14. The van der Waals surface area contributed by atoms with E-state index >= 15 is 0 Å². The van der Waals surface area contributed by atoms with Gasteiger partial charge < -0.3 is 15.0 Å². The molecule has 1 atom stereocenters. The van der Waals surface area contributed by atoms with Crippen molar-refractivity contribution >= 4 is 11.7 Å². The normalized spacial score (nSPS) is 12.0. The predicted octanol–water partition coefficient (Wildman–Crippen LogP) is 2.36. The molecule has 0 spiro atoms. The van der Waals surface area contributed by atoms with E-state index in [-0.39, 0.29) is 12.0 Å². The fourth-order valence-electron chi connectivity index (χ4n) is 2.03. The number of carbonyl (C=O) groups excluding carboxylic acids is 1. The average molecular weight is 278 g/mol. The van der Waals surface area contributed by atoms with Crippen molar-refractivity contribution in [3.63, 3.8) is 0 Å². The van der Waals surface area contributed by atoms with Gasteiger partial charge in [0.15, 0.2) is 0 Å². The van der Waals surface area contributed by atoms with Crippen LogP contribution in [0.15, 0.2) is 24.3 Å². The molecule has 0 aliphatic carbocycles. The zero-order valence-corrected chi connectivity index (χ0v) is 13.0. The SMILES string of the molecule is CCCNC(CN(C)c1cccc(C)c1)C(=O)OCC. The van der Waals surface area contributed by atoms with Crippen molar-refractivity contribution in [2.24, 2.45) is 0 Å². The molecule has 1 rings (SSSR count). The number of benzene rings is 1. The van der Waals surface area contributed by atoms with Crippen molar-refractivity contribution < 1.29 is 9.53 Å². The molecule has 0 fully saturated rings. The number of likely N-dealkylation sites (N-methyl/N-ethyl adjacent to an activating group) is 1. The molecule has 0 aliphatic rings. The zero-order valence-electron chi connectivity index (χ0n) is 13.0. The number of hydrogen-bond donors (Lipinski definition) is 1. The number of nitrogens with zero attached hydrogens (tertiary/aromatic N) is 1. The summed E-state index contributed by atoms with van der Waals surface area (Å²) in [6.45, 7) is 7.80. The Balaban J connectivity index is 2.70. The molecule has 0 amide bonds. The van der Waals surface area contributed by atoms with Crippen LogP contribution >= 0.6 is 0 Å². The number of rotatable bonds is 8. The Bertz CT molecular complexity index is 421. The summed E-state index contributed by atoms with van der Waals surface area (Å²) in [5.74, 6) is -0.180. The maximum absolute atomic E-state index is 12.0. The lowest BCUT2D eigenvalue weighted by atomic mass is 10.2. The van der Waals surface area contributed by atoms with Crippen molar-refractivity contribution in [2.45, 2.75) is 33.2 Å². The molecule has 0 saturated carbocycles. The van der Waals surface area contributed by atoms with Crippen LogP contribution in [-0.4, -0.2) is 38.8 Å². The van der Waals surface area contributed by atoms with Gasteiger partial charge in [-0.3, -0.25) is 4.79 Å². The Morgan fingerprint density at radius 3 is 2.75 bits per heavy atom. The van der Waals surface area contributed by atoms with Gasteiger partial charge in [-0.05, 0) is 44.5 Å². The van der Waals surface area contributed by atoms with E-state index in [1.807, 2.05) is 20.0 Å². The van der Waals surface area contributed by atoms with Gasteiger partial charge in [-0.15, -0.1) is 0 Å². The molecule has 1 N–H and O–H groups in total. The van der Waals surface area contributed by atoms with Crippen LogP contribution in [0.25, 0.3) is 0 Å². The summed E-state index contributed by atoms with van der Waals surface area (Å²) in [4.78, 5) is 14.1. The second-order valence-electron chi connectivity index (χ2n) is 4.98. The minimum Gasteiger partial charge on any atom is -0.465 e. The summed E-state index contributed by atoms with van der Waals surface area (Å²) in [6.07, 6.45) is 0.990. The lowest BCUT2D eigenvalue weighted by molar-refractivity contribution is -0.145. The highest BCUT2D eigenvalue weighted by Gasteiger charge is 2.20. The molecule has 0 bridgehead atoms. The Morgan fingerprint density at radius 2 is 2.15 bits per heavy atom. The zero-order chi connectivity index (χ0) is 15.0. The monoisotopic (exact) mass is 278 g/mol. The van der Waals surface area contributed by atoms with Crippen molar-refractivity contribution in [1.82, 2.24) is 5.32 Å². The average Bonchev–Trinajstić information content (AvgIpc) is 2.43. The van der Waals surface area contributed by atoms with Gasteiger partial charge in [0.25, 0.3) is 0 Å². The molecule has 1 unspecified atom stereocenters. The summed E-state index contributed by atoms with van der Waals surface area (Å²) in [6, 6.07) is 7.97. The van der Waals surface area contributed by atoms with E-state index in [9.17, 15) is 4.79 Å². The minimum atomic E-state index is -0.291. The van der Waals surface area contributed by atoms with E-state index in [2.05, 4.69) is 42.3 Å². The maximum atomic E-state index is 12.0. The second kappa shape index (κ2) is 8.59. The Labute approximate surface area is 122 Å². The van der Waals surface area contributed by atoms with Crippen molar-refractivity contribution in [1.29, 1.82) is 0 Å². The van der Waals surface area contributed by atoms with Crippen molar-refractivity contribution in [3.8, 4) is 0 Å². The molecule has 0 radical (unpaired) electrons. The van der Waals surface area contributed by atoms with Crippen LogP contribution in [0.1, 0.15) is 25.8 Å². The van der Waals surface area contributed by atoms with Gasteiger partial charge in [0, 0.05) is 19.3 Å². The van der Waals surface area contributed by atoms with E-state index in [1.165, 1.54) is 5.56 Å². The lowest BCUT2D eigenvalue weighted by Crippen LogP contribution is -2.46. The van der Waals surface area contributed by atoms with Crippen LogP contribution in [0.3, 0.4) is 0 Å². The molecule has 1 aromatic rings. The van der Waals surface area contributed by atoms with Gasteiger partial charge >= 0.3 is 5.97 Å². The standard InChI is InChI=1S/C16H26N2O2/c1-5-10-17-15(16(19)20-6-2)12-18(4)14-9-7-8-13(3)11-14/h7-9,11,15,17H,5-6,10,12H2,1-4H3. The van der Waals surface area contributed by atoms with Gasteiger partial charge in [0.05, 0.1) is 6.61 Å². The summed E-state index contributed by atoms with van der Waals surface area (Å²) in [5, 5.41) is 3.25. The van der Waals surface area contributed by atoms with E-state index in [0.29, 0.717) is 13.2 Å². The Kier molecular flexibility index (Phi) is 7.09. The first kappa shape index (κ1) is 16.5. The number of esters is 1.